The van der Waals surface area contributed by atoms with Crippen LogP contribution >= 0.6 is 0 Å². The summed E-state index contributed by atoms with van der Waals surface area (Å²) in [4.78, 5) is 20.2. The van der Waals surface area contributed by atoms with Gasteiger partial charge >= 0.3 is 0 Å². The van der Waals surface area contributed by atoms with Crippen LogP contribution in [0.1, 0.15) is 22.5 Å². The Morgan fingerprint density at radius 3 is 2.61 bits per heavy atom. The molecular weight excluding hydrogens is 286 g/mol. The van der Waals surface area contributed by atoms with Crippen molar-refractivity contribution >= 4 is 5.82 Å². The van der Waals surface area contributed by atoms with Gasteiger partial charge < -0.3 is 4.90 Å². The Hall–Kier alpha value is -2.82. The molecule has 0 fully saturated rings. The van der Waals surface area contributed by atoms with Crippen molar-refractivity contribution in [1.29, 1.82) is 0 Å². The van der Waals surface area contributed by atoms with Crippen LogP contribution in [0.4, 0.5) is 5.82 Å². The van der Waals surface area contributed by atoms with Crippen molar-refractivity contribution in [2.75, 3.05) is 4.90 Å². The third-order valence-electron chi connectivity index (χ3n) is 4.30. The molecule has 5 nitrogen and oxygen atoms in total. The molecular formula is C18H17N5. The van der Waals surface area contributed by atoms with Gasteiger partial charge in [-0.3, -0.25) is 0 Å². The zero-order valence-electron chi connectivity index (χ0n) is 13.2. The summed E-state index contributed by atoms with van der Waals surface area (Å²) >= 11 is 0. The molecule has 0 N–H and O–H groups in total. The lowest BCUT2D eigenvalue weighted by atomic mass is 10.2. The molecule has 0 amide bonds. The third-order valence-corrected chi connectivity index (χ3v) is 4.30. The van der Waals surface area contributed by atoms with Gasteiger partial charge in [0.1, 0.15) is 12.1 Å². The molecule has 4 rings (SSSR count). The quantitative estimate of drug-likeness (QED) is 0.728. The number of nitrogens with zero attached hydrogens (tertiary/aromatic N) is 5. The fraction of sp³-hybridized carbons (Fsp3) is 0.222. The van der Waals surface area contributed by atoms with Gasteiger partial charge in [0.15, 0.2) is 5.82 Å². The summed E-state index contributed by atoms with van der Waals surface area (Å²) in [7, 11) is 0. The molecule has 0 aliphatic carbocycles. The molecule has 0 saturated carbocycles. The Labute approximate surface area is 135 Å². The van der Waals surface area contributed by atoms with E-state index >= 15 is 0 Å². The minimum absolute atomic E-state index is 0.759. The lowest BCUT2D eigenvalue weighted by molar-refractivity contribution is 0.831. The molecule has 0 atom stereocenters. The molecule has 0 radical (unpaired) electrons. The van der Waals surface area contributed by atoms with Gasteiger partial charge in [0.05, 0.1) is 12.2 Å². The van der Waals surface area contributed by atoms with Crippen LogP contribution in [0, 0.1) is 13.8 Å². The molecule has 0 bridgehead atoms. The lowest BCUT2D eigenvalue weighted by Gasteiger charge is -2.18. The summed E-state index contributed by atoms with van der Waals surface area (Å²) in [6.45, 7) is 5.63. The highest BCUT2D eigenvalue weighted by atomic mass is 15.2. The standard InChI is InChI=1S/C18H17N5/c1-12-13(2)20-11-21-18(12)23-9-15-8-19-17(22-16(15)10-23)14-6-4-3-5-7-14/h3-8,11H,9-10H2,1-2H3. The number of benzene rings is 1. The van der Waals surface area contributed by atoms with Gasteiger partial charge in [0.2, 0.25) is 0 Å². The Morgan fingerprint density at radius 1 is 0.957 bits per heavy atom. The molecule has 23 heavy (non-hydrogen) atoms. The van der Waals surface area contributed by atoms with Crippen LogP contribution in [0.3, 0.4) is 0 Å². The average Bonchev–Trinajstić information content (AvgIpc) is 3.01. The molecule has 0 saturated heterocycles. The van der Waals surface area contributed by atoms with E-state index < -0.39 is 0 Å². The molecule has 3 aromatic rings. The molecule has 114 valence electrons. The van der Waals surface area contributed by atoms with Crippen LogP contribution in [-0.4, -0.2) is 19.9 Å². The molecule has 2 aromatic heterocycles. The summed E-state index contributed by atoms with van der Waals surface area (Å²) in [5.74, 6) is 1.76. The number of aryl methyl sites for hydroxylation is 1. The van der Waals surface area contributed by atoms with E-state index in [0.717, 1.165) is 47.2 Å². The fourth-order valence-electron chi connectivity index (χ4n) is 2.87. The number of aromatic nitrogens is 4. The average molecular weight is 303 g/mol. The van der Waals surface area contributed by atoms with Gasteiger partial charge in [-0.05, 0) is 13.8 Å². The normalized spacial score (nSPS) is 13.2. The Morgan fingerprint density at radius 2 is 1.78 bits per heavy atom. The van der Waals surface area contributed by atoms with Crippen molar-refractivity contribution < 1.29 is 0 Å². The van der Waals surface area contributed by atoms with Gasteiger partial charge in [-0.15, -0.1) is 0 Å². The minimum Gasteiger partial charge on any atom is -0.346 e. The number of fused-ring (bicyclic) bond motifs is 1. The monoisotopic (exact) mass is 303 g/mol. The van der Waals surface area contributed by atoms with E-state index in [2.05, 4.69) is 26.8 Å². The summed E-state index contributed by atoms with van der Waals surface area (Å²) < 4.78 is 0. The van der Waals surface area contributed by atoms with E-state index in [-0.39, 0.29) is 0 Å². The first-order chi connectivity index (χ1) is 11.2. The number of hydrogen-bond donors (Lipinski definition) is 0. The summed E-state index contributed by atoms with van der Waals surface area (Å²) in [5.41, 5.74) is 5.43. The van der Waals surface area contributed by atoms with Crippen molar-refractivity contribution in [3.8, 4) is 11.4 Å². The second kappa shape index (κ2) is 5.43. The molecule has 1 aromatic carbocycles. The maximum absolute atomic E-state index is 4.76. The van der Waals surface area contributed by atoms with Crippen molar-refractivity contribution in [2.45, 2.75) is 26.9 Å². The molecule has 1 aliphatic rings. The predicted octanol–water partition coefficient (Wildman–Crippen LogP) is 3.07. The molecule has 5 heteroatoms. The van der Waals surface area contributed by atoms with Crippen LogP contribution in [0.5, 0.6) is 0 Å². The van der Waals surface area contributed by atoms with Crippen molar-refractivity contribution in [2.24, 2.45) is 0 Å². The fourth-order valence-corrected chi connectivity index (χ4v) is 2.87. The van der Waals surface area contributed by atoms with E-state index in [9.17, 15) is 0 Å². The minimum atomic E-state index is 0.759. The second-order valence-corrected chi connectivity index (χ2v) is 5.80. The van der Waals surface area contributed by atoms with Crippen LogP contribution in [0.15, 0.2) is 42.9 Å². The van der Waals surface area contributed by atoms with Crippen LogP contribution in [-0.2, 0) is 13.1 Å². The van der Waals surface area contributed by atoms with Crippen molar-refractivity contribution in [3.05, 3.63) is 65.4 Å². The summed E-state index contributed by atoms with van der Waals surface area (Å²) in [5, 5.41) is 0. The molecule has 0 unspecified atom stereocenters. The largest absolute Gasteiger partial charge is 0.346 e. The highest BCUT2D eigenvalue weighted by Crippen LogP contribution is 2.29. The van der Waals surface area contributed by atoms with Gasteiger partial charge in [-0.1, -0.05) is 30.3 Å². The lowest BCUT2D eigenvalue weighted by Crippen LogP contribution is -2.18. The van der Waals surface area contributed by atoms with E-state index in [4.69, 9.17) is 4.98 Å². The number of rotatable bonds is 2. The SMILES string of the molecule is Cc1ncnc(N2Cc3cnc(-c4ccccc4)nc3C2)c1C. The van der Waals surface area contributed by atoms with Crippen LogP contribution < -0.4 is 4.90 Å². The molecule has 3 heterocycles. The Balaban J connectivity index is 1.67. The van der Waals surface area contributed by atoms with E-state index in [1.807, 2.05) is 43.5 Å². The first-order valence-electron chi connectivity index (χ1n) is 7.66. The number of hydrogen-bond acceptors (Lipinski definition) is 5. The van der Waals surface area contributed by atoms with Gasteiger partial charge in [0.25, 0.3) is 0 Å². The van der Waals surface area contributed by atoms with Crippen molar-refractivity contribution in [3.63, 3.8) is 0 Å². The van der Waals surface area contributed by atoms with Crippen molar-refractivity contribution in [1.82, 2.24) is 19.9 Å². The maximum atomic E-state index is 4.76. The van der Waals surface area contributed by atoms with Gasteiger partial charge in [-0.25, -0.2) is 19.9 Å². The highest BCUT2D eigenvalue weighted by molar-refractivity contribution is 5.56. The Kier molecular flexibility index (Phi) is 3.26. The zero-order chi connectivity index (χ0) is 15.8. The smallest absolute Gasteiger partial charge is 0.159 e. The topological polar surface area (TPSA) is 54.8 Å². The van der Waals surface area contributed by atoms with E-state index in [1.165, 1.54) is 5.56 Å². The highest BCUT2D eigenvalue weighted by Gasteiger charge is 2.24. The second-order valence-electron chi connectivity index (χ2n) is 5.80. The third kappa shape index (κ3) is 2.44. The first kappa shape index (κ1) is 13.8. The van der Waals surface area contributed by atoms with Crippen LogP contribution in [0.25, 0.3) is 11.4 Å². The maximum Gasteiger partial charge on any atom is 0.159 e. The van der Waals surface area contributed by atoms with Gasteiger partial charge in [-0.2, -0.15) is 0 Å². The van der Waals surface area contributed by atoms with Crippen LogP contribution in [0.2, 0.25) is 0 Å². The Bertz CT molecular complexity index is 861. The first-order valence-corrected chi connectivity index (χ1v) is 7.66. The summed E-state index contributed by atoms with van der Waals surface area (Å²) in [6, 6.07) is 10.1. The molecule has 1 aliphatic heterocycles. The zero-order valence-corrected chi connectivity index (χ0v) is 13.2. The van der Waals surface area contributed by atoms with E-state index in [0.29, 0.717) is 0 Å². The predicted molar refractivity (Wildman–Crippen MR) is 88.9 cm³/mol. The molecule has 0 spiro atoms. The number of anilines is 1. The van der Waals surface area contributed by atoms with Gasteiger partial charge in [0, 0.05) is 35.1 Å². The van der Waals surface area contributed by atoms with E-state index in [1.54, 1.807) is 6.33 Å². The summed E-state index contributed by atoms with van der Waals surface area (Å²) in [6.07, 6.45) is 3.57.